The zero-order chi connectivity index (χ0) is 25.8. The number of hydrogen-bond acceptors (Lipinski definition) is 8. The Bertz CT molecular complexity index is 848. The van der Waals surface area contributed by atoms with Gasteiger partial charge in [0.05, 0.1) is 12.4 Å². The number of aliphatic carboxylic acids is 2. The molecule has 3 amide bonds. The number of carboxylic acid groups (broad SMARTS) is 2. The minimum atomic E-state index is -1.36. The first-order chi connectivity index (χ1) is 15.9. The quantitative estimate of drug-likeness (QED) is 0.133. The maximum Gasteiger partial charge on any atom is 0.327 e. The molecule has 8 N–H and O–H groups in total. The predicted molar refractivity (Wildman–Crippen MR) is 124 cm³/mol. The first-order valence-electron chi connectivity index (χ1n) is 10.6. The maximum atomic E-state index is 13.0. The highest BCUT2D eigenvalue weighted by molar-refractivity contribution is 7.80. The molecule has 0 aliphatic heterocycles. The Kier molecular flexibility index (Phi) is 12.1. The molecular formula is C20H32N6O7S. The van der Waals surface area contributed by atoms with Gasteiger partial charge in [0.2, 0.25) is 17.7 Å². The second-order valence-corrected chi connectivity index (χ2v) is 8.52. The molecule has 0 aliphatic carbocycles. The fourth-order valence-electron chi connectivity index (χ4n) is 2.99. The Morgan fingerprint density at radius 1 is 1.03 bits per heavy atom. The predicted octanol–water partition coefficient (Wildman–Crippen LogP) is -1.34. The lowest BCUT2D eigenvalue weighted by molar-refractivity contribution is -0.142. The molecule has 1 heterocycles. The summed E-state index contributed by atoms with van der Waals surface area (Å²) in [5.41, 5.74) is 6.43. The van der Waals surface area contributed by atoms with Gasteiger partial charge in [0, 0.05) is 30.5 Å². The van der Waals surface area contributed by atoms with Crippen LogP contribution in [0.3, 0.4) is 0 Å². The number of H-pyrrole nitrogens is 1. The smallest absolute Gasteiger partial charge is 0.327 e. The van der Waals surface area contributed by atoms with Crippen LogP contribution in [0.1, 0.15) is 38.8 Å². The Morgan fingerprint density at radius 3 is 2.12 bits per heavy atom. The van der Waals surface area contributed by atoms with E-state index in [0.717, 1.165) is 0 Å². The second-order valence-electron chi connectivity index (χ2n) is 8.15. The van der Waals surface area contributed by atoms with Gasteiger partial charge in [-0.25, -0.2) is 9.78 Å². The van der Waals surface area contributed by atoms with Gasteiger partial charge < -0.3 is 36.9 Å². The van der Waals surface area contributed by atoms with E-state index < -0.39 is 60.2 Å². The molecule has 34 heavy (non-hydrogen) atoms. The number of aromatic amines is 1. The number of carboxylic acids is 2. The number of amides is 3. The van der Waals surface area contributed by atoms with Crippen LogP contribution in [-0.4, -0.2) is 79.8 Å². The summed E-state index contributed by atoms with van der Waals surface area (Å²) >= 11 is 3.87. The molecule has 0 bridgehead atoms. The highest BCUT2D eigenvalue weighted by Gasteiger charge is 2.30. The monoisotopic (exact) mass is 500 g/mol. The minimum Gasteiger partial charge on any atom is -0.481 e. The van der Waals surface area contributed by atoms with Gasteiger partial charge in [0.25, 0.3) is 0 Å². The number of imidazole rings is 1. The van der Waals surface area contributed by atoms with Crippen molar-refractivity contribution in [1.82, 2.24) is 25.9 Å². The Balaban J connectivity index is 3.04. The van der Waals surface area contributed by atoms with E-state index in [9.17, 15) is 24.0 Å². The molecule has 4 unspecified atom stereocenters. The van der Waals surface area contributed by atoms with Crippen LogP contribution < -0.4 is 21.7 Å². The average Bonchev–Trinajstić information content (AvgIpc) is 3.26. The summed E-state index contributed by atoms with van der Waals surface area (Å²) in [6.45, 7) is 3.78. The van der Waals surface area contributed by atoms with Crippen molar-refractivity contribution in [3.8, 4) is 0 Å². The highest BCUT2D eigenvalue weighted by atomic mass is 32.1. The molecule has 1 aromatic heterocycles. The van der Waals surface area contributed by atoms with E-state index in [1.807, 2.05) is 13.8 Å². The van der Waals surface area contributed by atoms with E-state index in [4.69, 9.17) is 15.9 Å². The van der Waals surface area contributed by atoms with Crippen LogP contribution in [0, 0.1) is 5.92 Å². The molecule has 0 aliphatic rings. The summed E-state index contributed by atoms with van der Waals surface area (Å²) in [4.78, 5) is 67.1. The van der Waals surface area contributed by atoms with E-state index in [-0.39, 0.29) is 24.5 Å². The summed E-state index contributed by atoms with van der Waals surface area (Å²) < 4.78 is 0. The molecule has 1 aromatic rings. The number of nitrogens with one attached hydrogen (secondary N) is 4. The van der Waals surface area contributed by atoms with E-state index in [1.165, 1.54) is 12.5 Å². The largest absolute Gasteiger partial charge is 0.481 e. The third-order valence-corrected chi connectivity index (χ3v) is 5.12. The number of nitrogens with zero attached hydrogens (tertiary/aromatic N) is 1. The molecule has 0 saturated heterocycles. The minimum absolute atomic E-state index is 0.00632. The van der Waals surface area contributed by atoms with E-state index in [1.54, 1.807) is 0 Å². The lowest BCUT2D eigenvalue weighted by Gasteiger charge is -2.25. The van der Waals surface area contributed by atoms with E-state index >= 15 is 0 Å². The summed E-state index contributed by atoms with van der Waals surface area (Å²) in [6, 6.07) is -4.73. The molecule has 0 aromatic carbocycles. The van der Waals surface area contributed by atoms with Gasteiger partial charge in [0.1, 0.15) is 18.1 Å². The zero-order valence-corrected chi connectivity index (χ0v) is 19.9. The van der Waals surface area contributed by atoms with Crippen LogP contribution in [0.15, 0.2) is 12.5 Å². The molecule has 14 heteroatoms. The van der Waals surface area contributed by atoms with Crippen molar-refractivity contribution in [1.29, 1.82) is 0 Å². The van der Waals surface area contributed by atoms with Gasteiger partial charge in [-0.2, -0.15) is 12.6 Å². The standard InChI is InChI=1S/C20H32N6O7S/c1-10(2)5-12(21)17(29)25-14(6-11-7-22-9-23-11)19(31)24-13(3-4-16(27)28)18(30)26-15(8-34)20(32)33/h7,9-10,12-15,34H,3-6,8,21H2,1-2H3,(H,22,23)(H,24,31)(H,25,29)(H,26,30)(H,27,28)(H,32,33). The number of rotatable bonds is 15. The second kappa shape index (κ2) is 14.2. The number of thiol groups is 1. The normalized spacial score (nSPS) is 14.5. The lowest BCUT2D eigenvalue weighted by Crippen LogP contribution is -2.58. The van der Waals surface area contributed by atoms with Gasteiger partial charge in [0.15, 0.2) is 0 Å². The van der Waals surface area contributed by atoms with Gasteiger partial charge in [-0.15, -0.1) is 0 Å². The third kappa shape index (κ3) is 10.2. The molecule has 13 nitrogen and oxygen atoms in total. The molecule has 0 fully saturated rings. The van der Waals surface area contributed by atoms with Gasteiger partial charge in [-0.1, -0.05) is 13.8 Å². The van der Waals surface area contributed by atoms with Gasteiger partial charge in [-0.05, 0) is 18.8 Å². The fraction of sp³-hybridized carbons (Fsp3) is 0.600. The molecule has 4 atom stereocenters. The van der Waals surface area contributed by atoms with Crippen molar-refractivity contribution in [2.24, 2.45) is 11.7 Å². The Morgan fingerprint density at radius 2 is 1.62 bits per heavy atom. The lowest BCUT2D eigenvalue weighted by atomic mass is 10.0. The molecule has 190 valence electrons. The van der Waals surface area contributed by atoms with Gasteiger partial charge >= 0.3 is 11.9 Å². The molecule has 1 rings (SSSR count). The van der Waals surface area contributed by atoms with Crippen molar-refractivity contribution >= 4 is 42.3 Å². The molecule has 0 saturated carbocycles. The Labute approximate surface area is 202 Å². The van der Waals surface area contributed by atoms with Crippen LogP contribution in [0.5, 0.6) is 0 Å². The third-order valence-electron chi connectivity index (χ3n) is 4.75. The van der Waals surface area contributed by atoms with E-state index in [2.05, 4.69) is 38.5 Å². The SMILES string of the molecule is CC(C)CC(N)C(=O)NC(Cc1cnc[nH]1)C(=O)NC(CCC(=O)O)C(=O)NC(CS)C(=O)O. The van der Waals surface area contributed by atoms with Crippen molar-refractivity contribution in [2.75, 3.05) is 5.75 Å². The first kappa shape index (κ1) is 28.9. The average molecular weight is 501 g/mol. The topological polar surface area (TPSA) is 217 Å². The number of hydrogen-bond donors (Lipinski definition) is 8. The van der Waals surface area contributed by atoms with Gasteiger partial charge in [-0.3, -0.25) is 19.2 Å². The Hall–Kier alpha value is -3.13. The number of nitrogens with two attached hydrogens (primary N) is 1. The van der Waals surface area contributed by atoms with Crippen LogP contribution in [-0.2, 0) is 30.4 Å². The van der Waals surface area contributed by atoms with Crippen molar-refractivity contribution < 1.29 is 34.2 Å². The summed E-state index contributed by atoms with van der Waals surface area (Å²) in [6.07, 6.45) is 2.46. The zero-order valence-electron chi connectivity index (χ0n) is 19.0. The van der Waals surface area contributed by atoms with Crippen LogP contribution in [0.2, 0.25) is 0 Å². The van der Waals surface area contributed by atoms with Crippen molar-refractivity contribution in [3.05, 3.63) is 18.2 Å². The maximum absolute atomic E-state index is 13.0. The van der Waals surface area contributed by atoms with Crippen LogP contribution in [0.4, 0.5) is 0 Å². The van der Waals surface area contributed by atoms with Crippen molar-refractivity contribution in [2.45, 2.75) is 63.7 Å². The number of aromatic nitrogens is 2. The molecular weight excluding hydrogens is 468 g/mol. The summed E-state index contributed by atoms with van der Waals surface area (Å²) in [7, 11) is 0. The van der Waals surface area contributed by atoms with Crippen LogP contribution >= 0.6 is 12.6 Å². The fourth-order valence-corrected chi connectivity index (χ4v) is 3.23. The van der Waals surface area contributed by atoms with E-state index in [0.29, 0.717) is 12.1 Å². The van der Waals surface area contributed by atoms with Crippen LogP contribution in [0.25, 0.3) is 0 Å². The summed E-state index contributed by atoms with van der Waals surface area (Å²) in [5.74, 6) is -4.86. The molecule has 0 spiro atoms. The van der Waals surface area contributed by atoms with Crippen molar-refractivity contribution in [3.63, 3.8) is 0 Å². The summed E-state index contributed by atoms with van der Waals surface area (Å²) in [5, 5.41) is 25.3. The first-order valence-corrected chi connectivity index (χ1v) is 11.3. The molecule has 0 radical (unpaired) electrons. The highest BCUT2D eigenvalue weighted by Crippen LogP contribution is 2.06. The number of carbonyl (C=O) groups excluding carboxylic acids is 3. The number of carbonyl (C=O) groups is 5.